The van der Waals surface area contributed by atoms with Gasteiger partial charge in [-0.2, -0.15) is 0 Å². The summed E-state index contributed by atoms with van der Waals surface area (Å²) in [4.78, 5) is 0. The second kappa shape index (κ2) is 15.9. The SMILES string of the molecule is CC1=C(C)C(C)[C]([Ti][SiH](C)C)=C1C.Cc1ccc(C=CC(=C(Oc2ccccc2)c2ccccc2)c2ccccc2)cc1. The topological polar surface area (TPSA) is 9.23 Å². The summed E-state index contributed by atoms with van der Waals surface area (Å²) in [6, 6.07) is 39.1. The molecule has 218 valence electrons. The molecule has 4 aromatic rings. The van der Waals surface area contributed by atoms with E-state index in [0.717, 1.165) is 39.7 Å². The van der Waals surface area contributed by atoms with Crippen molar-refractivity contribution in [2.24, 2.45) is 5.92 Å². The first kappa shape index (κ1) is 32.5. The van der Waals surface area contributed by atoms with Gasteiger partial charge in [0.15, 0.2) is 0 Å². The van der Waals surface area contributed by atoms with Crippen molar-refractivity contribution in [1.29, 1.82) is 0 Å². The summed E-state index contributed by atoms with van der Waals surface area (Å²) in [6.45, 7) is 16.1. The molecule has 1 atom stereocenters. The maximum Gasteiger partial charge on any atom is 0.142 e. The molecule has 3 heteroatoms. The van der Waals surface area contributed by atoms with Gasteiger partial charge in [-0.25, -0.2) is 0 Å². The molecule has 4 aromatic carbocycles. The molecule has 0 radical (unpaired) electrons. The number of ether oxygens (including phenoxy) is 1. The zero-order valence-electron chi connectivity index (χ0n) is 26.7. The Labute approximate surface area is 269 Å². The third-order valence-electron chi connectivity index (χ3n) is 7.93. The van der Waals surface area contributed by atoms with Crippen molar-refractivity contribution < 1.29 is 23.1 Å². The molecule has 1 aliphatic carbocycles. The molecule has 0 saturated heterocycles. The average molecular weight is 617 g/mol. The summed E-state index contributed by atoms with van der Waals surface area (Å²) < 4.78 is 8.31. The number of para-hydroxylation sites is 1. The van der Waals surface area contributed by atoms with Crippen molar-refractivity contribution in [2.75, 3.05) is 0 Å². The Morgan fingerprint density at radius 2 is 1.21 bits per heavy atom. The van der Waals surface area contributed by atoms with E-state index >= 15 is 0 Å². The molecule has 0 heterocycles. The summed E-state index contributed by atoms with van der Waals surface area (Å²) in [5.41, 5.74) is 10.4. The van der Waals surface area contributed by atoms with Crippen molar-refractivity contribution in [3.05, 3.63) is 164 Å². The van der Waals surface area contributed by atoms with Crippen LogP contribution in [0.4, 0.5) is 0 Å². The van der Waals surface area contributed by atoms with E-state index in [1.807, 2.05) is 58.5 Å². The Kier molecular flexibility index (Phi) is 12.0. The molecule has 0 bridgehead atoms. The first-order valence-electron chi connectivity index (χ1n) is 15.2. The molecular weight excluding hydrogens is 572 g/mol. The minimum atomic E-state index is -0.315. The fourth-order valence-corrected chi connectivity index (χ4v) is 12.0. The standard InChI is InChI=1S/C29H24O.C9H13.C2H7Si.Ti/c1-23-17-19-24(20-18-23)21-22-28(25-11-5-2-6-12-25)29(26-13-7-3-8-14-26)30-27-15-9-4-10-16-27;1-6-5-7(2)9(4)8(6)3;1-3-2;/h2-22H,1H3;6H,1-4H3;3H,1-2H3;. The Balaban J connectivity index is 0.000000273. The zero-order chi connectivity index (χ0) is 30.8. The average Bonchev–Trinajstić information content (AvgIpc) is 3.21. The normalized spacial score (nSPS) is 15.4. The molecule has 1 nitrogen and oxygen atoms in total. The Morgan fingerprint density at radius 3 is 1.72 bits per heavy atom. The van der Waals surface area contributed by atoms with Crippen LogP contribution in [0.3, 0.4) is 0 Å². The van der Waals surface area contributed by atoms with E-state index in [2.05, 4.69) is 121 Å². The van der Waals surface area contributed by atoms with E-state index in [-0.39, 0.29) is 25.1 Å². The monoisotopic (exact) mass is 616 g/mol. The van der Waals surface area contributed by atoms with E-state index in [4.69, 9.17) is 4.74 Å². The van der Waals surface area contributed by atoms with Gasteiger partial charge in [-0.15, -0.1) is 0 Å². The van der Waals surface area contributed by atoms with Crippen LogP contribution in [0.15, 0.2) is 142 Å². The number of hydrogen-bond donors (Lipinski definition) is 0. The number of allylic oxidation sites excluding steroid dienone is 6. The third kappa shape index (κ3) is 9.03. The van der Waals surface area contributed by atoms with Crippen LogP contribution in [0.2, 0.25) is 13.1 Å². The van der Waals surface area contributed by atoms with Crippen molar-refractivity contribution >= 4 is 24.1 Å². The molecule has 5 rings (SSSR count). The molecular formula is C40H44OSiTi. The Morgan fingerprint density at radius 1 is 0.674 bits per heavy atom. The molecule has 0 spiro atoms. The van der Waals surface area contributed by atoms with E-state index < -0.39 is 0 Å². The van der Waals surface area contributed by atoms with Gasteiger partial charge in [0.05, 0.1) is 0 Å². The van der Waals surface area contributed by atoms with E-state index in [1.165, 1.54) is 5.56 Å². The number of benzene rings is 4. The molecule has 0 aliphatic heterocycles. The maximum atomic E-state index is 6.45. The van der Waals surface area contributed by atoms with Crippen LogP contribution >= 0.6 is 0 Å². The summed E-state index contributed by atoms with van der Waals surface area (Å²) in [5, 5.41) is 0. The Hall–Kier alpha value is -3.43. The van der Waals surface area contributed by atoms with Crippen LogP contribution in [0, 0.1) is 12.8 Å². The second-order valence-electron chi connectivity index (χ2n) is 11.5. The molecule has 43 heavy (non-hydrogen) atoms. The van der Waals surface area contributed by atoms with Gasteiger partial charge >= 0.3 is 92.4 Å². The fraction of sp³-hybridized carbons (Fsp3) is 0.200. The van der Waals surface area contributed by atoms with Crippen molar-refractivity contribution in [3.8, 4) is 5.75 Å². The summed E-state index contributed by atoms with van der Waals surface area (Å²) in [7, 11) is 0. The summed E-state index contributed by atoms with van der Waals surface area (Å²) in [6.07, 6.45) is 4.28. The quantitative estimate of drug-likeness (QED) is 0.0828. The van der Waals surface area contributed by atoms with Crippen LogP contribution < -0.4 is 4.74 Å². The fourth-order valence-electron chi connectivity index (χ4n) is 5.15. The minimum absolute atomic E-state index is 0.267. The Bertz CT molecular complexity index is 1600. The van der Waals surface area contributed by atoms with Crippen LogP contribution in [-0.2, 0) is 18.4 Å². The summed E-state index contributed by atoms with van der Waals surface area (Å²) >= 11 is 0.267. The van der Waals surface area contributed by atoms with Gasteiger partial charge in [0.2, 0.25) is 0 Å². The molecule has 0 fully saturated rings. The van der Waals surface area contributed by atoms with Gasteiger partial charge in [-0.1, -0.05) is 121 Å². The largest absolute Gasteiger partial charge is 0.456 e. The van der Waals surface area contributed by atoms with Gasteiger partial charge < -0.3 is 4.74 Å². The van der Waals surface area contributed by atoms with Crippen LogP contribution in [0.25, 0.3) is 17.4 Å². The van der Waals surface area contributed by atoms with Crippen LogP contribution in [-0.4, -0.2) is 6.66 Å². The minimum Gasteiger partial charge on any atom is -0.456 e. The molecule has 1 unspecified atom stereocenters. The van der Waals surface area contributed by atoms with E-state index in [1.54, 1.807) is 16.7 Å². The molecule has 0 amide bonds. The van der Waals surface area contributed by atoms with Gasteiger partial charge in [-0.3, -0.25) is 0 Å². The van der Waals surface area contributed by atoms with Gasteiger partial charge in [0, 0.05) is 11.1 Å². The van der Waals surface area contributed by atoms with Crippen molar-refractivity contribution in [2.45, 2.75) is 47.7 Å². The van der Waals surface area contributed by atoms with Crippen molar-refractivity contribution in [3.63, 3.8) is 0 Å². The molecule has 0 N–H and O–H groups in total. The predicted octanol–water partition coefficient (Wildman–Crippen LogP) is 11.0. The first-order valence-corrected chi connectivity index (χ1v) is 21.6. The number of hydrogen-bond acceptors (Lipinski definition) is 1. The van der Waals surface area contributed by atoms with Gasteiger partial charge in [0.25, 0.3) is 0 Å². The second-order valence-corrected chi connectivity index (χ2v) is 21.7. The molecule has 1 aliphatic rings. The predicted molar refractivity (Wildman–Crippen MR) is 186 cm³/mol. The number of aryl methyl sites for hydroxylation is 1. The van der Waals surface area contributed by atoms with Gasteiger partial charge in [-0.05, 0) is 30.2 Å². The van der Waals surface area contributed by atoms with Crippen LogP contribution in [0.1, 0.15) is 49.9 Å². The smallest absolute Gasteiger partial charge is 0.142 e. The molecule has 0 aromatic heterocycles. The van der Waals surface area contributed by atoms with Crippen LogP contribution in [0.5, 0.6) is 5.75 Å². The van der Waals surface area contributed by atoms with Gasteiger partial charge in [0.1, 0.15) is 11.5 Å². The summed E-state index contributed by atoms with van der Waals surface area (Å²) in [5.74, 6) is 2.43. The van der Waals surface area contributed by atoms with E-state index in [9.17, 15) is 0 Å². The molecule has 0 saturated carbocycles. The third-order valence-corrected chi connectivity index (χ3v) is 14.2. The maximum absolute atomic E-state index is 6.45. The van der Waals surface area contributed by atoms with E-state index in [0.29, 0.717) is 0 Å². The first-order chi connectivity index (χ1) is 20.7. The van der Waals surface area contributed by atoms with Crippen molar-refractivity contribution in [1.82, 2.24) is 0 Å². The zero-order valence-corrected chi connectivity index (χ0v) is 29.4. The number of rotatable bonds is 8.